The average molecular weight is 529 g/mol. The summed E-state index contributed by atoms with van der Waals surface area (Å²) in [5.41, 5.74) is 11.6. The second-order valence-electron chi connectivity index (χ2n) is 8.35. The Morgan fingerprint density at radius 2 is 2.09 bits per heavy atom. The van der Waals surface area contributed by atoms with Crippen LogP contribution in [0.4, 0.5) is 10.1 Å². The van der Waals surface area contributed by atoms with Gasteiger partial charge in [0, 0.05) is 51.1 Å². The molecular formula is C24H20BrClFN5O. The van der Waals surface area contributed by atoms with E-state index in [1.165, 1.54) is 6.07 Å². The Labute approximate surface area is 202 Å². The van der Waals surface area contributed by atoms with E-state index in [2.05, 4.69) is 31.3 Å². The summed E-state index contributed by atoms with van der Waals surface area (Å²) in [5, 5.41) is 9.73. The molecule has 0 amide bonds. The van der Waals surface area contributed by atoms with E-state index in [1.54, 1.807) is 10.9 Å². The van der Waals surface area contributed by atoms with Crippen LogP contribution in [-0.4, -0.2) is 27.9 Å². The molecule has 6 rings (SSSR count). The van der Waals surface area contributed by atoms with Crippen LogP contribution in [0, 0.1) is 5.82 Å². The number of hydrogen-bond acceptors (Lipinski definition) is 5. The zero-order chi connectivity index (χ0) is 22.7. The smallest absolute Gasteiger partial charge is 0.150 e. The topological polar surface area (TPSA) is 78.0 Å². The highest BCUT2D eigenvalue weighted by Crippen LogP contribution is 2.44. The van der Waals surface area contributed by atoms with Crippen molar-refractivity contribution in [3.05, 3.63) is 68.8 Å². The number of aromatic nitrogens is 3. The molecular weight excluding hydrogens is 509 g/mol. The van der Waals surface area contributed by atoms with E-state index in [-0.39, 0.29) is 11.3 Å². The summed E-state index contributed by atoms with van der Waals surface area (Å²) in [7, 11) is 0. The zero-order valence-corrected chi connectivity index (χ0v) is 19.9. The van der Waals surface area contributed by atoms with Gasteiger partial charge in [-0.3, -0.25) is 4.98 Å². The van der Waals surface area contributed by atoms with Crippen molar-refractivity contribution in [2.24, 2.45) is 5.73 Å². The van der Waals surface area contributed by atoms with Gasteiger partial charge in [0.2, 0.25) is 0 Å². The maximum atomic E-state index is 15.0. The molecule has 9 heteroatoms. The van der Waals surface area contributed by atoms with Gasteiger partial charge in [0.05, 0.1) is 17.7 Å². The minimum absolute atomic E-state index is 0.000491. The third-order valence-electron chi connectivity index (χ3n) is 6.32. The summed E-state index contributed by atoms with van der Waals surface area (Å²) >= 11 is 10.0. The standard InChI is InChI=1S/C24H20BrClFN5O/c25-16-8-14-20(18(28)10-30-22(14)12-4-3-6-29-23(12)16)13-9-17(27)21(26)24-15(13)11-32(31-24)19-5-1-2-7-33-19/h3-4,6,8-9,11,19,30H,1-2,5,7,10,28H2. The van der Waals surface area contributed by atoms with E-state index in [0.29, 0.717) is 29.9 Å². The second-order valence-corrected chi connectivity index (χ2v) is 9.58. The van der Waals surface area contributed by atoms with Crippen LogP contribution < -0.4 is 11.1 Å². The Hall–Kier alpha value is -2.68. The van der Waals surface area contributed by atoms with Gasteiger partial charge in [0.1, 0.15) is 22.6 Å². The maximum absolute atomic E-state index is 15.0. The van der Waals surface area contributed by atoms with E-state index in [1.807, 2.05) is 24.4 Å². The summed E-state index contributed by atoms with van der Waals surface area (Å²) in [4.78, 5) is 4.50. The zero-order valence-electron chi connectivity index (χ0n) is 17.5. The minimum Gasteiger partial charge on any atom is -0.400 e. The maximum Gasteiger partial charge on any atom is 0.150 e. The molecule has 6 nitrogen and oxygen atoms in total. The highest BCUT2D eigenvalue weighted by Gasteiger charge is 2.27. The molecule has 4 heterocycles. The SMILES string of the molecule is NC1=C(c2cc(F)c(Cl)c3nn(C4CCCCO4)cc23)c2cc(Br)c3ncccc3c2NC1. The van der Waals surface area contributed by atoms with Crippen LogP contribution in [0.1, 0.15) is 36.6 Å². The fourth-order valence-corrected chi connectivity index (χ4v) is 5.52. The van der Waals surface area contributed by atoms with Crippen LogP contribution in [0.3, 0.4) is 0 Å². The minimum atomic E-state index is -0.532. The van der Waals surface area contributed by atoms with Gasteiger partial charge in [0.25, 0.3) is 0 Å². The van der Waals surface area contributed by atoms with E-state index >= 15 is 4.39 Å². The molecule has 2 aromatic heterocycles. The largest absolute Gasteiger partial charge is 0.400 e. The Kier molecular flexibility index (Phi) is 5.05. The Bertz CT molecular complexity index is 1460. The third kappa shape index (κ3) is 3.31. The molecule has 2 aliphatic rings. The fourth-order valence-electron chi connectivity index (χ4n) is 4.78. The molecule has 33 heavy (non-hydrogen) atoms. The van der Waals surface area contributed by atoms with Crippen molar-refractivity contribution in [2.75, 3.05) is 18.5 Å². The highest BCUT2D eigenvalue weighted by atomic mass is 79.9. The summed E-state index contributed by atoms with van der Waals surface area (Å²) in [5.74, 6) is -0.532. The van der Waals surface area contributed by atoms with Crippen LogP contribution in [-0.2, 0) is 4.74 Å². The number of pyridine rings is 1. The first-order valence-corrected chi connectivity index (χ1v) is 12.0. The number of halogens is 3. The number of fused-ring (bicyclic) bond motifs is 4. The lowest BCUT2D eigenvalue weighted by molar-refractivity contribution is -0.0390. The number of nitrogens with one attached hydrogen (secondary N) is 1. The summed E-state index contributed by atoms with van der Waals surface area (Å²) in [6.07, 6.45) is 6.41. The lowest BCUT2D eigenvalue weighted by atomic mass is 9.89. The number of anilines is 1. The molecule has 0 bridgehead atoms. The van der Waals surface area contributed by atoms with Gasteiger partial charge in [-0.05, 0) is 65.0 Å². The van der Waals surface area contributed by atoms with Crippen molar-refractivity contribution in [3.8, 4) is 0 Å². The normalized spacial score (nSPS) is 18.6. The summed E-state index contributed by atoms with van der Waals surface area (Å²) < 4.78 is 23.5. The molecule has 1 saturated heterocycles. The molecule has 0 spiro atoms. The van der Waals surface area contributed by atoms with Crippen LogP contribution in [0.5, 0.6) is 0 Å². The molecule has 2 aromatic carbocycles. The van der Waals surface area contributed by atoms with Gasteiger partial charge < -0.3 is 15.8 Å². The van der Waals surface area contributed by atoms with Crippen LogP contribution >= 0.6 is 27.5 Å². The highest BCUT2D eigenvalue weighted by molar-refractivity contribution is 9.10. The second kappa shape index (κ2) is 7.97. The van der Waals surface area contributed by atoms with E-state index < -0.39 is 5.82 Å². The monoisotopic (exact) mass is 527 g/mol. The predicted molar refractivity (Wildman–Crippen MR) is 132 cm³/mol. The molecule has 2 aliphatic heterocycles. The lowest BCUT2D eigenvalue weighted by Gasteiger charge is -2.25. The van der Waals surface area contributed by atoms with Crippen molar-refractivity contribution in [1.82, 2.24) is 14.8 Å². The number of rotatable bonds is 2. The fraction of sp³-hybridized carbons (Fsp3) is 0.250. The van der Waals surface area contributed by atoms with Gasteiger partial charge in [-0.2, -0.15) is 5.10 Å². The van der Waals surface area contributed by atoms with Gasteiger partial charge in [0.15, 0.2) is 0 Å². The van der Waals surface area contributed by atoms with Gasteiger partial charge in [-0.15, -0.1) is 0 Å². The molecule has 1 unspecified atom stereocenters. The number of nitrogens with zero attached hydrogens (tertiary/aromatic N) is 3. The number of nitrogens with two attached hydrogens (primary N) is 1. The third-order valence-corrected chi connectivity index (χ3v) is 7.28. The van der Waals surface area contributed by atoms with Gasteiger partial charge in [-0.1, -0.05) is 11.6 Å². The van der Waals surface area contributed by atoms with Crippen molar-refractivity contribution in [1.29, 1.82) is 0 Å². The van der Waals surface area contributed by atoms with Crippen LogP contribution in [0.15, 0.2) is 46.8 Å². The first kappa shape index (κ1) is 20.9. The van der Waals surface area contributed by atoms with E-state index in [4.69, 9.17) is 22.1 Å². The van der Waals surface area contributed by atoms with Crippen molar-refractivity contribution >= 4 is 60.6 Å². The van der Waals surface area contributed by atoms with Crippen molar-refractivity contribution in [2.45, 2.75) is 25.5 Å². The first-order chi connectivity index (χ1) is 16.0. The van der Waals surface area contributed by atoms with Crippen LogP contribution in [0.25, 0.3) is 27.4 Å². The molecule has 168 valence electrons. The summed E-state index contributed by atoms with van der Waals surface area (Å²) in [6, 6.07) is 7.34. The van der Waals surface area contributed by atoms with Gasteiger partial charge >= 0.3 is 0 Å². The van der Waals surface area contributed by atoms with E-state index in [0.717, 1.165) is 56.8 Å². The summed E-state index contributed by atoms with van der Waals surface area (Å²) in [6.45, 7) is 1.11. The Morgan fingerprint density at radius 3 is 2.91 bits per heavy atom. The molecule has 1 fully saturated rings. The molecule has 1 atom stereocenters. The lowest BCUT2D eigenvalue weighted by Crippen LogP contribution is -2.20. The van der Waals surface area contributed by atoms with Crippen LogP contribution in [0.2, 0.25) is 5.02 Å². The number of ether oxygens (including phenoxy) is 1. The Balaban J connectivity index is 1.61. The molecule has 0 saturated carbocycles. The van der Waals surface area contributed by atoms with Crippen molar-refractivity contribution in [3.63, 3.8) is 0 Å². The molecule has 4 aromatic rings. The molecule has 0 radical (unpaired) electrons. The average Bonchev–Trinajstić information content (AvgIpc) is 3.29. The predicted octanol–water partition coefficient (Wildman–Crippen LogP) is 5.98. The van der Waals surface area contributed by atoms with Gasteiger partial charge in [-0.25, -0.2) is 9.07 Å². The van der Waals surface area contributed by atoms with E-state index in [9.17, 15) is 0 Å². The molecule has 0 aliphatic carbocycles. The number of benzene rings is 2. The first-order valence-electron chi connectivity index (χ1n) is 10.8. The number of hydrogen-bond donors (Lipinski definition) is 2. The van der Waals surface area contributed by atoms with Crippen molar-refractivity contribution < 1.29 is 9.13 Å². The quantitative estimate of drug-likeness (QED) is 0.335. The Morgan fingerprint density at radius 1 is 1.21 bits per heavy atom. The molecule has 3 N–H and O–H groups in total.